The quantitative estimate of drug-likeness (QED) is 0.168. The van der Waals surface area contributed by atoms with Crippen molar-refractivity contribution in [3.63, 3.8) is 0 Å². The minimum atomic E-state index is -3.91. The summed E-state index contributed by atoms with van der Waals surface area (Å²) in [6.45, 7) is -0.413. The fourth-order valence-electron chi connectivity index (χ4n) is 4.37. The minimum absolute atomic E-state index is 0.0338. The molecule has 0 aliphatic carbocycles. The van der Waals surface area contributed by atoms with Crippen molar-refractivity contribution in [2.45, 2.75) is 24.9 Å². The first-order valence-electron chi connectivity index (χ1n) is 13.3. The lowest BCUT2D eigenvalue weighted by atomic mass is 10.1. The molecule has 4 aromatic carbocycles. The molecule has 0 fully saturated rings. The molecule has 2 amide bonds. The van der Waals surface area contributed by atoms with Crippen LogP contribution in [0, 0.1) is 0 Å². The van der Waals surface area contributed by atoms with Gasteiger partial charge in [0.25, 0.3) is 0 Å². The summed E-state index contributed by atoms with van der Waals surface area (Å²) in [6.07, 6.45) is -0.722. The van der Waals surface area contributed by atoms with Gasteiger partial charge in [0, 0.05) is 5.30 Å². The molecule has 0 saturated carbocycles. The van der Waals surface area contributed by atoms with Crippen molar-refractivity contribution in [2.24, 2.45) is 0 Å². The van der Waals surface area contributed by atoms with Crippen LogP contribution in [-0.2, 0) is 31.9 Å². The van der Waals surface area contributed by atoms with Gasteiger partial charge in [-0.1, -0.05) is 121 Å². The van der Waals surface area contributed by atoms with Gasteiger partial charge in [0.05, 0.1) is 0 Å². The van der Waals surface area contributed by atoms with Gasteiger partial charge in [-0.2, -0.15) is 0 Å². The normalized spacial score (nSPS) is 13.6. The highest BCUT2D eigenvalue weighted by molar-refractivity contribution is 7.70. The largest absolute Gasteiger partial charge is 0.480 e. The number of nitrogens with one attached hydrogen (secondary N) is 3. The van der Waals surface area contributed by atoms with Crippen LogP contribution in [0.5, 0.6) is 0 Å². The number of carboxylic acids is 1. The molecular weight excluding hydrogens is 553 g/mol. The highest BCUT2D eigenvalue weighted by Crippen LogP contribution is 2.53. The number of alkyl carbamates (subject to hydrolysis) is 1. The number of benzene rings is 4. The molecule has 3 atom stereocenters. The summed E-state index contributed by atoms with van der Waals surface area (Å²) >= 11 is 0. The molecule has 4 N–H and O–H groups in total. The first-order valence-corrected chi connectivity index (χ1v) is 15.1. The lowest BCUT2D eigenvalue weighted by molar-refractivity contribution is -0.138. The van der Waals surface area contributed by atoms with Crippen LogP contribution in [0.1, 0.15) is 22.5 Å². The molecule has 0 aliphatic heterocycles. The topological polar surface area (TPSA) is 134 Å². The Morgan fingerprint density at radius 2 is 1.26 bits per heavy atom. The van der Waals surface area contributed by atoms with Crippen LogP contribution in [0.4, 0.5) is 4.79 Å². The number of rotatable bonds is 13. The van der Waals surface area contributed by atoms with Crippen LogP contribution in [0.2, 0.25) is 0 Å². The zero-order chi connectivity index (χ0) is 29.8. The number of aliphatic carboxylic acids is 1. The molecular formula is C32H32N3O6P. The highest BCUT2D eigenvalue weighted by Gasteiger charge is 2.40. The summed E-state index contributed by atoms with van der Waals surface area (Å²) in [4.78, 5) is 37.8. The third kappa shape index (κ3) is 8.39. The smallest absolute Gasteiger partial charge is 0.407 e. The molecule has 0 saturated heterocycles. The Kier molecular flexibility index (Phi) is 10.6. The predicted octanol–water partition coefficient (Wildman–Crippen LogP) is 4.62. The number of hydrogen-bond donors (Lipinski definition) is 4. The Hall–Kier alpha value is -4.72. The maximum atomic E-state index is 15.1. The van der Waals surface area contributed by atoms with E-state index >= 15 is 4.57 Å². The molecule has 10 heteroatoms. The number of hydrogen-bond acceptors (Lipinski definition) is 5. The molecule has 42 heavy (non-hydrogen) atoms. The van der Waals surface area contributed by atoms with E-state index in [2.05, 4.69) is 15.7 Å². The fourth-order valence-corrected chi connectivity index (χ4v) is 7.16. The van der Waals surface area contributed by atoms with Crippen LogP contribution in [0.15, 0.2) is 121 Å². The van der Waals surface area contributed by atoms with Crippen molar-refractivity contribution in [2.75, 3.05) is 6.54 Å². The standard InChI is InChI=1S/C32H32N3O6P/c36-29(22-33-32(39)41-23-25-15-7-2-8-16-25)34-30(26-17-9-3-10-18-26)42(40,27-19-11-4-12-20-27)35-28(31(37)38)21-24-13-5-1-6-14-24/h1-20,28,30H,21-23H2,(H,33,39)(H,34,36)(H,35,40)(H,37,38)/t28-,30?,42?/m0/s1. The van der Waals surface area contributed by atoms with E-state index in [1.165, 1.54) is 0 Å². The summed E-state index contributed by atoms with van der Waals surface area (Å²) in [5.41, 5.74) is 2.04. The minimum Gasteiger partial charge on any atom is -0.480 e. The maximum absolute atomic E-state index is 15.1. The van der Waals surface area contributed by atoms with E-state index in [0.29, 0.717) is 10.9 Å². The maximum Gasteiger partial charge on any atom is 0.407 e. The monoisotopic (exact) mass is 585 g/mol. The van der Waals surface area contributed by atoms with Gasteiger partial charge in [-0.3, -0.25) is 14.2 Å². The second-order valence-corrected chi connectivity index (χ2v) is 12.1. The molecule has 9 nitrogen and oxygen atoms in total. The lowest BCUT2D eigenvalue weighted by Crippen LogP contribution is -2.45. The molecule has 4 rings (SSSR count). The number of carbonyl (C=O) groups excluding carboxylic acids is 2. The Labute approximate surface area is 244 Å². The van der Waals surface area contributed by atoms with E-state index < -0.39 is 43.6 Å². The van der Waals surface area contributed by atoms with Crippen molar-refractivity contribution in [1.29, 1.82) is 0 Å². The molecule has 0 bridgehead atoms. The predicted molar refractivity (Wildman–Crippen MR) is 160 cm³/mol. The second kappa shape index (κ2) is 14.8. The van der Waals surface area contributed by atoms with Crippen molar-refractivity contribution in [3.8, 4) is 0 Å². The number of amides is 2. The zero-order valence-corrected chi connectivity index (χ0v) is 23.7. The van der Waals surface area contributed by atoms with E-state index in [-0.39, 0.29) is 13.0 Å². The Morgan fingerprint density at radius 3 is 1.83 bits per heavy atom. The number of carbonyl (C=O) groups is 3. The Bertz CT molecular complexity index is 1500. The van der Waals surface area contributed by atoms with E-state index in [1.807, 2.05) is 24.3 Å². The molecule has 2 unspecified atom stereocenters. The Balaban J connectivity index is 1.58. The zero-order valence-electron chi connectivity index (χ0n) is 22.8. The summed E-state index contributed by atoms with van der Waals surface area (Å²) in [5, 5.41) is 18.6. The summed E-state index contributed by atoms with van der Waals surface area (Å²) < 4.78 is 20.2. The van der Waals surface area contributed by atoms with Crippen molar-refractivity contribution in [3.05, 3.63) is 138 Å². The lowest BCUT2D eigenvalue weighted by Gasteiger charge is -2.32. The van der Waals surface area contributed by atoms with Crippen molar-refractivity contribution < 1.29 is 28.8 Å². The molecule has 0 heterocycles. The number of ether oxygens (including phenoxy) is 1. The summed E-state index contributed by atoms with van der Waals surface area (Å²) in [7, 11) is -3.91. The number of carboxylic acid groups (broad SMARTS) is 1. The fraction of sp³-hybridized carbons (Fsp3) is 0.156. The average Bonchev–Trinajstić information content (AvgIpc) is 3.03. The van der Waals surface area contributed by atoms with Gasteiger partial charge in [0.1, 0.15) is 25.0 Å². The van der Waals surface area contributed by atoms with Crippen molar-refractivity contribution >= 4 is 30.6 Å². The first-order chi connectivity index (χ1) is 20.3. The first kappa shape index (κ1) is 30.2. The third-order valence-corrected chi connectivity index (χ3v) is 9.37. The van der Waals surface area contributed by atoms with Gasteiger partial charge in [-0.15, -0.1) is 0 Å². The van der Waals surface area contributed by atoms with E-state index in [4.69, 9.17) is 4.74 Å². The van der Waals surface area contributed by atoms with Crippen LogP contribution in [0.3, 0.4) is 0 Å². The summed E-state index contributed by atoms with van der Waals surface area (Å²) in [5.74, 6) is -2.96. The Morgan fingerprint density at radius 1 is 0.738 bits per heavy atom. The average molecular weight is 586 g/mol. The third-order valence-electron chi connectivity index (χ3n) is 6.45. The summed E-state index contributed by atoms with van der Waals surface area (Å²) in [6, 6.07) is 34.0. The van der Waals surface area contributed by atoms with E-state index in [1.54, 1.807) is 97.1 Å². The van der Waals surface area contributed by atoms with Crippen molar-refractivity contribution in [1.82, 2.24) is 15.7 Å². The van der Waals surface area contributed by atoms with E-state index in [9.17, 15) is 19.5 Å². The van der Waals surface area contributed by atoms with Gasteiger partial charge < -0.3 is 20.5 Å². The van der Waals surface area contributed by atoms with Crippen LogP contribution in [0.25, 0.3) is 0 Å². The molecule has 216 valence electrons. The molecule has 0 spiro atoms. The molecule has 4 aromatic rings. The van der Waals surface area contributed by atoms with Gasteiger partial charge in [-0.05, 0) is 23.1 Å². The van der Waals surface area contributed by atoms with Crippen LogP contribution < -0.4 is 21.0 Å². The van der Waals surface area contributed by atoms with E-state index in [0.717, 1.165) is 11.1 Å². The van der Waals surface area contributed by atoms with Crippen LogP contribution in [-0.4, -0.2) is 35.7 Å². The molecule has 0 aliphatic rings. The van der Waals surface area contributed by atoms with Gasteiger partial charge in [0.15, 0.2) is 0 Å². The molecule has 0 radical (unpaired) electrons. The second-order valence-electron chi connectivity index (χ2n) is 9.50. The molecule has 0 aromatic heterocycles. The van der Waals surface area contributed by atoms with Gasteiger partial charge in [0.2, 0.25) is 13.2 Å². The van der Waals surface area contributed by atoms with Gasteiger partial charge in [-0.25, -0.2) is 9.88 Å². The van der Waals surface area contributed by atoms with Crippen LogP contribution >= 0.6 is 7.29 Å². The van der Waals surface area contributed by atoms with Gasteiger partial charge >= 0.3 is 12.1 Å². The highest BCUT2D eigenvalue weighted by atomic mass is 31.2. The SMILES string of the molecule is O=C(CNC(=O)OCc1ccccc1)NC(c1ccccc1)P(=O)(N[C@@H](Cc1ccccc1)C(=O)O)c1ccccc1.